The molecule has 0 saturated heterocycles. The van der Waals surface area contributed by atoms with Gasteiger partial charge in [-0.3, -0.25) is 9.52 Å². The summed E-state index contributed by atoms with van der Waals surface area (Å²) in [4.78, 5) is 15.7. The van der Waals surface area contributed by atoms with Crippen molar-refractivity contribution in [1.29, 1.82) is 0 Å². The first-order valence-corrected chi connectivity index (χ1v) is 10.1. The van der Waals surface area contributed by atoms with Crippen LogP contribution in [-0.4, -0.2) is 19.3 Å². The number of benzene rings is 2. The molecule has 0 aliphatic carbocycles. The third kappa shape index (κ3) is 3.81. The van der Waals surface area contributed by atoms with Crippen LogP contribution in [0.4, 0.5) is 22.9 Å². The molecule has 142 valence electrons. The molecule has 1 aromatic heterocycles. The normalized spacial score (nSPS) is 13.0. The van der Waals surface area contributed by atoms with Crippen LogP contribution in [-0.2, 0) is 21.2 Å². The molecule has 0 bridgehead atoms. The molecule has 2 heterocycles. The summed E-state index contributed by atoms with van der Waals surface area (Å²) in [6.07, 6.45) is 1.74. The Hall–Kier alpha value is -3.39. The molecule has 28 heavy (non-hydrogen) atoms. The largest absolute Gasteiger partial charge is 0.354 e. The number of sulfonamides is 1. The summed E-state index contributed by atoms with van der Waals surface area (Å²) in [7, 11) is -3.80. The molecule has 1 amide bonds. The second-order valence-electron chi connectivity index (χ2n) is 6.57. The summed E-state index contributed by atoms with van der Waals surface area (Å²) in [5.41, 5.74) is 4.14. The fourth-order valence-corrected chi connectivity index (χ4v) is 3.96. The first kappa shape index (κ1) is 18.0. The third-order valence-electron chi connectivity index (χ3n) is 4.35. The lowest BCUT2D eigenvalue weighted by Gasteiger charge is -2.10. The van der Waals surface area contributed by atoms with Gasteiger partial charge in [-0.2, -0.15) is 0 Å². The first-order valence-electron chi connectivity index (χ1n) is 8.64. The summed E-state index contributed by atoms with van der Waals surface area (Å²) in [5.74, 6) is 0.0694. The number of hydrogen-bond donors (Lipinski definition) is 3. The summed E-state index contributed by atoms with van der Waals surface area (Å²) < 4.78 is 27.7. The quantitative estimate of drug-likeness (QED) is 0.616. The topological polar surface area (TPSA) is 100 Å². The second-order valence-corrected chi connectivity index (χ2v) is 8.25. The number of pyridine rings is 1. The lowest BCUT2D eigenvalue weighted by Crippen LogP contribution is -2.14. The van der Waals surface area contributed by atoms with Gasteiger partial charge < -0.3 is 10.6 Å². The van der Waals surface area contributed by atoms with Gasteiger partial charge in [-0.1, -0.05) is 17.7 Å². The molecule has 1 aliphatic rings. The zero-order chi connectivity index (χ0) is 19.7. The number of amides is 1. The Balaban J connectivity index is 1.48. The maximum atomic E-state index is 12.6. The van der Waals surface area contributed by atoms with Gasteiger partial charge >= 0.3 is 0 Å². The van der Waals surface area contributed by atoms with Gasteiger partial charge in [-0.05, 0) is 55.0 Å². The molecule has 4 rings (SSSR count). The number of hydrogen-bond acceptors (Lipinski definition) is 5. The van der Waals surface area contributed by atoms with E-state index in [2.05, 4.69) is 20.3 Å². The van der Waals surface area contributed by atoms with Crippen LogP contribution in [0.3, 0.4) is 0 Å². The fraction of sp³-hybridized carbons (Fsp3) is 0.100. The van der Waals surface area contributed by atoms with Crippen LogP contribution in [0.1, 0.15) is 11.1 Å². The van der Waals surface area contributed by atoms with Gasteiger partial charge in [-0.15, -0.1) is 0 Å². The van der Waals surface area contributed by atoms with Gasteiger partial charge in [0.1, 0.15) is 5.82 Å². The first-order chi connectivity index (χ1) is 13.4. The van der Waals surface area contributed by atoms with Crippen molar-refractivity contribution in [3.05, 3.63) is 71.9 Å². The fourth-order valence-electron chi connectivity index (χ4n) is 2.90. The van der Waals surface area contributed by atoms with Crippen molar-refractivity contribution in [1.82, 2.24) is 4.98 Å². The van der Waals surface area contributed by atoms with Crippen LogP contribution in [0, 0.1) is 6.92 Å². The number of fused-ring (bicyclic) bond motifs is 1. The number of aryl methyl sites for hydroxylation is 1. The smallest absolute Gasteiger partial charge is 0.263 e. The Morgan fingerprint density at radius 1 is 1.00 bits per heavy atom. The van der Waals surface area contributed by atoms with Crippen molar-refractivity contribution >= 4 is 38.8 Å². The Morgan fingerprint density at radius 2 is 1.75 bits per heavy atom. The van der Waals surface area contributed by atoms with Crippen LogP contribution < -0.4 is 15.4 Å². The van der Waals surface area contributed by atoms with E-state index < -0.39 is 10.0 Å². The van der Waals surface area contributed by atoms with E-state index in [0.29, 0.717) is 11.3 Å². The van der Waals surface area contributed by atoms with E-state index in [-0.39, 0.29) is 23.0 Å². The van der Waals surface area contributed by atoms with Crippen molar-refractivity contribution < 1.29 is 13.2 Å². The molecule has 3 N–H and O–H groups in total. The van der Waals surface area contributed by atoms with Crippen molar-refractivity contribution in [3.63, 3.8) is 0 Å². The number of carbonyl (C=O) groups is 1. The van der Waals surface area contributed by atoms with E-state index in [4.69, 9.17) is 0 Å². The Bertz CT molecular complexity index is 1140. The highest BCUT2D eigenvalue weighted by atomic mass is 32.2. The van der Waals surface area contributed by atoms with E-state index in [1.807, 2.05) is 31.2 Å². The van der Waals surface area contributed by atoms with Crippen LogP contribution in [0.25, 0.3) is 0 Å². The monoisotopic (exact) mass is 394 g/mol. The molecule has 8 heteroatoms. The van der Waals surface area contributed by atoms with Gasteiger partial charge in [0.05, 0.1) is 23.2 Å². The lowest BCUT2D eigenvalue weighted by molar-refractivity contribution is -0.115. The predicted molar refractivity (Wildman–Crippen MR) is 108 cm³/mol. The van der Waals surface area contributed by atoms with Gasteiger partial charge in [0.2, 0.25) is 5.91 Å². The van der Waals surface area contributed by atoms with E-state index in [0.717, 1.165) is 11.4 Å². The molecular formula is C20H18N4O3S. The average Bonchev–Trinajstić information content (AvgIpc) is 3.04. The van der Waals surface area contributed by atoms with Gasteiger partial charge in [0, 0.05) is 11.4 Å². The highest BCUT2D eigenvalue weighted by molar-refractivity contribution is 7.92. The van der Waals surface area contributed by atoms with Gasteiger partial charge in [0.25, 0.3) is 10.0 Å². The molecule has 2 aromatic carbocycles. The van der Waals surface area contributed by atoms with Gasteiger partial charge in [-0.25, -0.2) is 13.4 Å². The molecule has 7 nitrogen and oxygen atoms in total. The molecule has 1 aliphatic heterocycles. The number of nitrogens with one attached hydrogen (secondary N) is 3. The maximum Gasteiger partial charge on any atom is 0.263 e. The Morgan fingerprint density at radius 3 is 2.46 bits per heavy atom. The highest BCUT2D eigenvalue weighted by Crippen LogP contribution is 2.27. The zero-order valence-corrected chi connectivity index (χ0v) is 15.9. The van der Waals surface area contributed by atoms with Crippen molar-refractivity contribution in [2.24, 2.45) is 0 Å². The number of aromatic nitrogens is 1. The molecule has 0 saturated carbocycles. The minimum atomic E-state index is -3.80. The van der Waals surface area contributed by atoms with Crippen molar-refractivity contribution in [2.75, 3.05) is 15.4 Å². The van der Waals surface area contributed by atoms with Crippen LogP contribution in [0.5, 0.6) is 0 Å². The Kier molecular flexibility index (Phi) is 4.48. The lowest BCUT2D eigenvalue weighted by atomic mass is 10.2. The maximum absolute atomic E-state index is 12.6. The van der Waals surface area contributed by atoms with Crippen LogP contribution >= 0.6 is 0 Å². The number of rotatable bonds is 5. The minimum Gasteiger partial charge on any atom is -0.354 e. The minimum absolute atomic E-state index is 0.0893. The average molecular weight is 394 g/mol. The molecule has 0 unspecified atom stereocenters. The number of carbonyl (C=O) groups excluding carboxylic acids is 1. The Labute approximate surface area is 162 Å². The van der Waals surface area contributed by atoms with Crippen LogP contribution in [0.2, 0.25) is 0 Å². The van der Waals surface area contributed by atoms with E-state index in [1.165, 1.54) is 17.7 Å². The molecule has 0 spiro atoms. The van der Waals surface area contributed by atoms with E-state index in [9.17, 15) is 13.2 Å². The van der Waals surface area contributed by atoms with Crippen LogP contribution in [0.15, 0.2) is 65.7 Å². The molecule has 0 fully saturated rings. The van der Waals surface area contributed by atoms with E-state index >= 15 is 0 Å². The van der Waals surface area contributed by atoms with Crippen molar-refractivity contribution in [3.8, 4) is 0 Å². The predicted octanol–water partition coefficient (Wildman–Crippen LogP) is 3.43. The molecular weight excluding hydrogens is 376 g/mol. The summed E-state index contributed by atoms with van der Waals surface area (Å²) in [6.45, 7) is 2.02. The highest BCUT2D eigenvalue weighted by Gasteiger charge is 2.22. The molecule has 0 atom stereocenters. The summed E-state index contributed by atoms with van der Waals surface area (Å²) in [6, 6.07) is 15.8. The van der Waals surface area contributed by atoms with Crippen molar-refractivity contribution in [2.45, 2.75) is 18.2 Å². The summed E-state index contributed by atoms with van der Waals surface area (Å²) >= 11 is 0. The third-order valence-corrected chi connectivity index (χ3v) is 5.71. The summed E-state index contributed by atoms with van der Waals surface area (Å²) in [5, 5.41) is 5.89. The molecule has 3 aromatic rings. The number of nitrogens with zero attached hydrogens (tertiary/aromatic N) is 1. The van der Waals surface area contributed by atoms with Gasteiger partial charge in [0.15, 0.2) is 0 Å². The SMILES string of the molecule is Cc1ccc(Nc2ccc(NS(=O)(=O)c3ccc4c(c3)CC(=O)N4)nc2)cc1. The molecule has 0 radical (unpaired) electrons. The number of anilines is 4. The van der Waals surface area contributed by atoms with E-state index in [1.54, 1.807) is 24.4 Å². The second kappa shape index (κ2) is 6.97. The zero-order valence-electron chi connectivity index (χ0n) is 15.1. The standard InChI is InChI=1S/C20H18N4O3S/c1-13-2-4-15(5-3-13)22-16-6-9-19(21-12-16)24-28(26,27)17-7-8-18-14(10-17)11-20(25)23-18/h2-10,12,22H,11H2,1H3,(H,21,24)(H,23,25).